The van der Waals surface area contributed by atoms with Crippen molar-refractivity contribution >= 4 is 6.08 Å². The monoisotopic (exact) mass is 309 g/mol. The Hall–Kier alpha value is -3.22. The van der Waals surface area contributed by atoms with E-state index in [9.17, 15) is 4.79 Å². The molecule has 7 nitrogen and oxygen atoms in total. The van der Waals surface area contributed by atoms with Crippen molar-refractivity contribution in [3.8, 4) is 28.4 Å². The number of aromatic nitrogens is 5. The molecule has 0 radical (unpaired) electrons. The van der Waals surface area contributed by atoms with Crippen LogP contribution in [0.5, 0.6) is 5.75 Å². The van der Waals surface area contributed by atoms with Gasteiger partial charge < -0.3 is 9.72 Å². The number of nitrogens with one attached hydrogen (secondary N) is 2. The molecule has 0 unspecified atom stereocenters. The van der Waals surface area contributed by atoms with Gasteiger partial charge in [0.15, 0.2) is 0 Å². The smallest absolute Gasteiger partial charge is 0.259 e. The number of methoxy groups -OCH3 is 1. The number of H-pyrrole nitrogens is 2. The molecule has 0 saturated carbocycles. The van der Waals surface area contributed by atoms with Crippen molar-refractivity contribution < 1.29 is 4.74 Å². The van der Waals surface area contributed by atoms with Gasteiger partial charge in [0.2, 0.25) is 5.82 Å². The van der Waals surface area contributed by atoms with Crippen molar-refractivity contribution in [3.63, 3.8) is 0 Å². The number of ether oxygens (including phenoxy) is 1. The molecule has 7 heteroatoms. The van der Waals surface area contributed by atoms with Crippen molar-refractivity contribution in [3.05, 3.63) is 52.3 Å². The summed E-state index contributed by atoms with van der Waals surface area (Å²) < 4.78 is 5.33. The molecular formula is C16H15N5O2. The van der Waals surface area contributed by atoms with Crippen LogP contribution in [0.1, 0.15) is 12.5 Å². The SMILES string of the molecule is CC=Cc1cc(-c2ccc(-c3nn[nH]n3)c(=O)[nH]2)ccc1OC. The second kappa shape index (κ2) is 6.27. The van der Waals surface area contributed by atoms with Crippen molar-refractivity contribution in [2.75, 3.05) is 7.11 Å². The molecule has 2 aromatic heterocycles. The minimum Gasteiger partial charge on any atom is -0.496 e. The van der Waals surface area contributed by atoms with Gasteiger partial charge in [-0.1, -0.05) is 12.2 Å². The first-order valence-electron chi connectivity index (χ1n) is 7.01. The molecule has 3 rings (SSSR count). The lowest BCUT2D eigenvalue weighted by Gasteiger charge is -2.08. The maximum absolute atomic E-state index is 12.2. The van der Waals surface area contributed by atoms with Crippen LogP contribution >= 0.6 is 0 Å². The highest BCUT2D eigenvalue weighted by molar-refractivity contribution is 5.69. The maximum atomic E-state index is 12.2. The number of hydrogen-bond acceptors (Lipinski definition) is 5. The van der Waals surface area contributed by atoms with Crippen LogP contribution in [0, 0.1) is 0 Å². The summed E-state index contributed by atoms with van der Waals surface area (Å²) >= 11 is 0. The summed E-state index contributed by atoms with van der Waals surface area (Å²) in [7, 11) is 1.63. The molecule has 0 spiro atoms. The van der Waals surface area contributed by atoms with Crippen LogP contribution in [0.15, 0.2) is 41.2 Å². The van der Waals surface area contributed by atoms with E-state index in [4.69, 9.17) is 4.74 Å². The first-order chi connectivity index (χ1) is 11.2. The highest BCUT2D eigenvalue weighted by atomic mass is 16.5. The summed E-state index contributed by atoms with van der Waals surface area (Å²) in [6, 6.07) is 9.21. The molecule has 0 fully saturated rings. The van der Waals surface area contributed by atoms with Crippen LogP contribution in [0.2, 0.25) is 0 Å². The fourth-order valence-corrected chi connectivity index (χ4v) is 2.31. The lowest BCUT2D eigenvalue weighted by molar-refractivity contribution is 0.414. The highest BCUT2D eigenvalue weighted by Crippen LogP contribution is 2.26. The number of rotatable bonds is 4. The van der Waals surface area contributed by atoms with Gasteiger partial charge in [-0.15, -0.1) is 10.2 Å². The molecule has 0 saturated heterocycles. The van der Waals surface area contributed by atoms with E-state index in [0.29, 0.717) is 11.3 Å². The molecule has 2 heterocycles. The first-order valence-corrected chi connectivity index (χ1v) is 7.01. The second-order valence-corrected chi connectivity index (χ2v) is 4.81. The standard InChI is InChI=1S/C16H15N5O2/c1-3-4-11-9-10(5-8-14(11)23-2)13-7-6-12(16(22)17-13)15-18-20-21-19-15/h3-9H,1-2H3,(H,17,22)(H,18,19,20,21). The van der Waals surface area contributed by atoms with E-state index in [1.807, 2.05) is 43.3 Å². The lowest BCUT2D eigenvalue weighted by atomic mass is 10.1. The Labute approximate surface area is 132 Å². The summed E-state index contributed by atoms with van der Waals surface area (Å²) in [4.78, 5) is 15.1. The molecule has 3 aromatic rings. The van der Waals surface area contributed by atoms with Gasteiger partial charge in [0, 0.05) is 11.3 Å². The van der Waals surface area contributed by atoms with Gasteiger partial charge >= 0.3 is 0 Å². The fourth-order valence-electron chi connectivity index (χ4n) is 2.31. The van der Waals surface area contributed by atoms with E-state index in [0.717, 1.165) is 16.9 Å². The number of hydrogen-bond donors (Lipinski definition) is 2. The van der Waals surface area contributed by atoms with Gasteiger partial charge in [-0.3, -0.25) is 4.79 Å². The Morgan fingerprint density at radius 1 is 1.22 bits per heavy atom. The van der Waals surface area contributed by atoms with Gasteiger partial charge in [0.05, 0.1) is 12.7 Å². The van der Waals surface area contributed by atoms with E-state index in [2.05, 4.69) is 25.6 Å². The normalized spacial score (nSPS) is 11.0. The predicted octanol–water partition coefficient (Wildman–Crippen LogP) is 2.26. The maximum Gasteiger partial charge on any atom is 0.259 e. The summed E-state index contributed by atoms with van der Waals surface area (Å²) in [5.74, 6) is 1.04. The third-order valence-electron chi connectivity index (χ3n) is 3.38. The van der Waals surface area contributed by atoms with E-state index >= 15 is 0 Å². The number of pyridine rings is 1. The molecule has 0 atom stereocenters. The molecule has 1 aromatic carbocycles. The largest absolute Gasteiger partial charge is 0.496 e. The number of aromatic amines is 2. The summed E-state index contributed by atoms with van der Waals surface area (Å²) in [5, 5.41) is 13.4. The first kappa shape index (κ1) is 14.7. The topological polar surface area (TPSA) is 96.5 Å². The average molecular weight is 309 g/mol. The van der Waals surface area contributed by atoms with E-state index in [1.165, 1.54) is 0 Å². The Balaban J connectivity index is 2.04. The van der Waals surface area contributed by atoms with Gasteiger partial charge in [-0.05, 0) is 48.0 Å². The quantitative estimate of drug-likeness (QED) is 0.770. The summed E-state index contributed by atoms with van der Waals surface area (Å²) in [6.45, 7) is 1.94. The molecule has 0 amide bonds. The predicted molar refractivity (Wildman–Crippen MR) is 86.9 cm³/mol. The van der Waals surface area contributed by atoms with Gasteiger partial charge in [-0.2, -0.15) is 5.21 Å². The van der Waals surface area contributed by atoms with Crippen molar-refractivity contribution in [2.24, 2.45) is 0 Å². The molecule has 0 aliphatic heterocycles. The van der Waals surface area contributed by atoms with E-state index < -0.39 is 0 Å². The number of nitrogens with zero attached hydrogens (tertiary/aromatic N) is 3. The van der Waals surface area contributed by atoms with Gasteiger partial charge in [0.1, 0.15) is 5.75 Å². The van der Waals surface area contributed by atoms with E-state index in [1.54, 1.807) is 13.2 Å². The van der Waals surface area contributed by atoms with Crippen LogP contribution < -0.4 is 10.3 Å². The third-order valence-corrected chi connectivity index (χ3v) is 3.38. The van der Waals surface area contributed by atoms with Crippen LogP contribution in [-0.2, 0) is 0 Å². The third kappa shape index (κ3) is 2.89. The van der Waals surface area contributed by atoms with E-state index in [-0.39, 0.29) is 11.4 Å². The Morgan fingerprint density at radius 3 is 2.74 bits per heavy atom. The summed E-state index contributed by atoms with van der Waals surface area (Å²) in [5.41, 5.74) is 2.62. The summed E-state index contributed by atoms with van der Waals surface area (Å²) in [6.07, 6.45) is 3.89. The second-order valence-electron chi connectivity index (χ2n) is 4.81. The molecular weight excluding hydrogens is 294 g/mol. The van der Waals surface area contributed by atoms with Crippen molar-refractivity contribution in [1.29, 1.82) is 0 Å². The Kier molecular flexibility index (Phi) is 4.01. The van der Waals surface area contributed by atoms with Crippen LogP contribution in [0.3, 0.4) is 0 Å². The zero-order valence-electron chi connectivity index (χ0n) is 12.7. The molecule has 23 heavy (non-hydrogen) atoms. The molecule has 0 aliphatic rings. The van der Waals surface area contributed by atoms with Crippen LogP contribution in [0.25, 0.3) is 28.7 Å². The molecule has 116 valence electrons. The number of benzene rings is 1. The Morgan fingerprint density at radius 2 is 2.09 bits per heavy atom. The Bertz CT molecular complexity index is 897. The van der Waals surface area contributed by atoms with Crippen molar-refractivity contribution in [2.45, 2.75) is 6.92 Å². The van der Waals surface area contributed by atoms with Crippen LogP contribution in [-0.4, -0.2) is 32.7 Å². The van der Waals surface area contributed by atoms with Crippen LogP contribution in [0.4, 0.5) is 0 Å². The average Bonchev–Trinajstić information content (AvgIpc) is 3.09. The van der Waals surface area contributed by atoms with Crippen molar-refractivity contribution in [1.82, 2.24) is 25.6 Å². The zero-order valence-corrected chi connectivity index (χ0v) is 12.7. The highest BCUT2D eigenvalue weighted by Gasteiger charge is 2.10. The number of allylic oxidation sites excluding steroid dienone is 1. The minimum absolute atomic E-state index is 0.266. The fraction of sp³-hybridized carbons (Fsp3) is 0.125. The molecule has 2 N–H and O–H groups in total. The van der Waals surface area contributed by atoms with Gasteiger partial charge in [-0.25, -0.2) is 0 Å². The van der Waals surface area contributed by atoms with Gasteiger partial charge in [0.25, 0.3) is 5.56 Å². The number of tetrazole rings is 1. The molecule has 0 aliphatic carbocycles. The minimum atomic E-state index is -0.271. The zero-order chi connectivity index (χ0) is 16.2. The lowest BCUT2D eigenvalue weighted by Crippen LogP contribution is -2.10. The molecule has 0 bridgehead atoms.